The van der Waals surface area contributed by atoms with E-state index in [1.165, 1.54) is 59.4 Å². The number of ketones is 1. The number of aliphatic hydroxyl groups excluding tert-OH is 4. The Labute approximate surface area is 395 Å². The van der Waals surface area contributed by atoms with Crippen LogP contribution in [0.4, 0.5) is 5.69 Å². The zero-order valence-electron chi connectivity index (χ0n) is 40.1. The fourth-order valence-electron chi connectivity index (χ4n) is 9.29. The molecule has 2 aromatic rings. The lowest BCUT2D eigenvalue weighted by Gasteiger charge is -2.41. The summed E-state index contributed by atoms with van der Waals surface area (Å²) in [4.78, 5) is 43.4. The second-order valence-electron chi connectivity index (χ2n) is 18.4. The number of phenolic OH excluding ortho intramolecular Hbond substituents is 3. The quantitative estimate of drug-likeness (QED) is 0.0858. The van der Waals surface area contributed by atoms with E-state index in [4.69, 9.17) is 28.4 Å². The molecule has 13 atom stereocenters. The third kappa shape index (κ3) is 10.2. The third-order valence-electron chi connectivity index (χ3n) is 13.6. The number of hydrazone groups is 1. The van der Waals surface area contributed by atoms with E-state index in [2.05, 4.69) is 15.3 Å². The topological polar surface area (TPSA) is 279 Å². The number of likely N-dealkylation sites (N-methyl/N-ethyl adjacent to an activating group) is 1. The molecule has 5 aliphatic rings. The van der Waals surface area contributed by atoms with Gasteiger partial charge in [-0.1, -0.05) is 45.9 Å². The summed E-state index contributed by atoms with van der Waals surface area (Å²) in [5.74, 6) is -9.16. The number of nitrogens with zero attached hydrogens (tertiary/aromatic N) is 3. The Bertz CT molecular complexity index is 2340. The van der Waals surface area contributed by atoms with Gasteiger partial charge in [-0.15, -0.1) is 0 Å². The number of fused-ring (bicyclic) bond motifs is 14. The van der Waals surface area contributed by atoms with Crippen LogP contribution in [0.25, 0.3) is 10.8 Å². The summed E-state index contributed by atoms with van der Waals surface area (Å²) in [6.45, 7) is 14.2. The van der Waals surface area contributed by atoms with Crippen LogP contribution in [0.5, 0.6) is 23.0 Å². The Hall–Kier alpha value is -5.32. The summed E-state index contributed by atoms with van der Waals surface area (Å²) in [5.41, 5.74) is -0.537. The number of benzene rings is 2. The molecule has 374 valence electrons. The van der Waals surface area contributed by atoms with Crippen LogP contribution < -0.4 is 10.1 Å². The van der Waals surface area contributed by atoms with Gasteiger partial charge in [-0.25, -0.2) is 0 Å². The number of aromatic hydroxyl groups is 3. The van der Waals surface area contributed by atoms with Gasteiger partial charge in [0.05, 0.1) is 59.6 Å². The Morgan fingerprint density at radius 2 is 1.60 bits per heavy atom. The average molecular weight is 955 g/mol. The molecule has 0 aliphatic carbocycles. The smallest absolute Gasteiger partial charge is 0.312 e. The van der Waals surface area contributed by atoms with Crippen molar-refractivity contribution in [2.75, 3.05) is 52.3 Å². The standard InChI is InChI=1S/C48H66N4O16/c1-22-12-11-13-23(2)46(62)50-35-29(20-49-52-17-15-51(9)16-18-52)38(57)32-33(40(35)59)37(56)26(5)44-34(32)45(61)48(8,68-44)64-19-14-30(63-10)24(3)42(65-28(7)54)27(6)43(25(4)36(22)55)67-47-41(60)39(58)31(21-53)66-47/h11-14,19-20,22,24-25,27,30-31,36,39,41-43,47,53,55-60H,15-18,21H2,1-10H3,(H,50,62)/b12-11-,19-14?,23-13-,49-20+/t22-,24+,25+,27-,30-,31+,36-,39+,41+,42+,43+,47+,48-/m0/s1. The number of hydrogen-bond acceptors (Lipinski definition) is 19. The molecular weight excluding hydrogens is 889 g/mol. The predicted molar refractivity (Wildman–Crippen MR) is 247 cm³/mol. The number of amides is 1. The Morgan fingerprint density at radius 3 is 2.22 bits per heavy atom. The van der Waals surface area contributed by atoms with Gasteiger partial charge in [-0.05, 0) is 27.0 Å². The van der Waals surface area contributed by atoms with Gasteiger partial charge in [0.25, 0.3) is 11.7 Å². The number of carbonyl (C=O) groups is 3. The lowest BCUT2D eigenvalue weighted by Crippen LogP contribution is -2.50. The number of rotatable bonds is 7. The van der Waals surface area contributed by atoms with Crippen LogP contribution in [-0.2, 0) is 33.3 Å². The average Bonchev–Trinajstić information content (AvgIpc) is 3.73. The highest BCUT2D eigenvalue weighted by Gasteiger charge is 2.51. The number of hydrogen-bond donors (Lipinski definition) is 8. The maximum absolute atomic E-state index is 14.6. The van der Waals surface area contributed by atoms with Crippen molar-refractivity contribution < 1.29 is 78.6 Å². The minimum Gasteiger partial charge on any atom is -0.507 e. The first-order chi connectivity index (χ1) is 32.1. The van der Waals surface area contributed by atoms with Gasteiger partial charge in [-0.2, -0.15) is 5.10 Å². The third-order valence-corrected chi connectivity index (χ3v) is 13.6. The number of carbonyl (C=O) groups excluding carboxylic acids is 3. The van der Waals surface area contributed by atoms with Crippen LogP contribution in [0.15, 0.2) is 41.2 Å². The van der Waals surface area contributed by atoms with Gasteiger partial charge in [-0.3, -0.25) is 19.4 Å². The van der Waals surface area contributed by atoms with E-state index in [1.54, 1.807) is 44.9 Å². The lowest BCUT2D eigenvalue weighted by molar-refractivity contribution is -0.231. The zero-order valence-corrected chi connectivity index (χ0v) is 40.1. The van der Waals surface area contributed by atoms with Crippen molar-refractivity contribution >= 4 is 40.3 Å². The van der Waals surface area contributed by atoms with E-state index in [0.717, 1.165) is 0 Å². The highest BCUT2D eigenvalue weighted by Crippen LogP contribution is 2.55. The van der Waals surface area contributed by atoms with Crippen LogP contribution in [0.3, 0.4) is 0 Å². The van der Waals surface area contributed by atoms with Crippen molar-refractivity contribution in [1.29, 1.82) is 0 Å². The van der Waals surface area contributed by atoms with E-state index in [-0.39, 0.29) is 44.5 Å². The first-order valence-corrected chi connectivity index (χ1v) is 22.7. The molecule has 0 unspecified atom stereocenters. The number of allylic oxidation sites excluding steroid dienone is 2. The number of phenols is 3. The van der Waals surface area contributed by atoms with Crippen LogP contribution in [0.2, 0.25) is 0 Å². The number of Topliss-reactive ketones (excluding diaryl/α,β-unsaturated/α-hetero) is 1. The van der Waals surface area contributed by atoms with Crippen molar-refractivity contribution in [2.24, 2.45) is 28.8 Å². The summed E-state index contributed by atoms with van der Waals surface area (Å²) in [5, 5.41) is 87.4. The van der Waals surface area contributed by atoms with Crippen molar-refractivity contribution in [3.8, 4) is 23.0 Å². The molecule has 8 N–H and O–H groups in total. The molecule has 5 aliphatic heterocycles. The fourth-order valence-corrected chi connectivity index (χ4v) is 9.29. The van der Waals surface area contributed by atoms with Gasteiger partial charge >= 0.3 is 11.8 Å². The number of piperazine rings is 1. The van der Waals surface area contributed by atoms with E-state index >= 15 is 0 Å². The lowest BCUT2D eigenvalue weighted by atomic mass is 9.78. The van der Waals surface area contributed by atoms with Gasteiger partial charge in [0, 0.05) is 87.3 Å². The van der Waals surface area contributed by atoms with Crippen molar-refractivity contribution in [1.82, 2.24) is 9.91 Å². The molecule has 68 heavy (non-hydrogen) atoms. The van der Waals surface area contributed by atoms with Gasteiger partial charge < -0.3 is 74.4 Å². The first-order valence-electron chi connectivity index (χ1n) is 22.7. The van der Waals surface area contributed by atoms with Gasteiger partial charge in [0.15, 0.2) is 12.0 Å². The Kier molecular flexibility index (Phi) is 16.2. The number of aliphatic hydroxyl groups is 4. The summed E-state index contributed by atoms with van der Waals surface area (Å²) < 4.78 is 36.1. The van der Waals surface area contributed by atoms with E-state index < -0.39 is 120 Å². The largest absolute Gasteiger partial charge is 0.507 e. The minimum absolute atomic E-state index is 0.0237. The summed E-state index contributed by atoms with van der Waals surface area (Å²) in [6, 6.07) is 0. The molecular formula is C48H66N4O16. The van der Waals surface area contributed by atoms with E-state index in [0.29, 0.717) is 26.2 Å². The molecule has 20 nitrogen and oxygen atoms in total. The molecule has 0 spiro atoms. The summed E-state index contributed by atoms with van der Waals surface area (Å²) in [7, 11) is 3.38. The van der Waals surface area contributed by atoms with Gasteiger partial charge in [0.2, 0.25) is 0 Å². The number of nitrogens with one attached hydrogen (secondary N) is 1. The van der Waals surface area contributed by atoms with Crippen LogP contribution in [0.1, 0.15) is 70.0 Å². The number of esters is 1. The van der Waals surface area contributed by atoms with Crippen LogP contribution >= 0.6 is 0 Å². The maximum Gasteiger partial charge on any atom is 0.312 e. The molecule has 1 amide bonds. The highest BCUT2D eigenvalue weighted by molar-refractivity contribution is 6.23. The second-order valence-corrected chi connectivity index (χ2v) is 18.4. The van der Waals surface area contributed by atoms with Crippen LogP contribution in [0, 0.1) is 30.6 Å². The number of ether oxygens (including phenoxy) is 6. The Balaban J connectivity index is 1.50. The van der Waals surface area contributed by atoms with Crippen molar-refractivity contribution in [3.05, 3.63) is 52.8 Å². The van der Waals surface area contributed by atoms with Gasteiger partial charge in [0.1, 0.15) is 41.7 Å². The SMILES string of the molecule is CO[C@H]1C=CO[C@@]2(C)Oc3c(C)c(O)c4c(O)c(c(/C=N/N5CCN(C)CC5)c(O)c4c3C2=O)NC(=O)/C(C)=C\C=C/[C@H](C)[C@H](O)[C@@H](C)[C@@H](O[C@H]2O[C@H](CO)[C@@H](O)[C@H]2O)[C@@H](C)[C@H](OC(C)=O)[C@@H]1C. The summed E-state index contributed by atoms with van der Waals surface area (Å²) in [6.07, 6.45) is -1.31. The molecule has 0 radical (unpaired) electrons. The monoisotopic (exact) mass is 954 g/mol. The summed E-state index contributed by atoms with van der Waals surface area (Å²) >= 11 is 0. The molecule has 20 heteroatoms. The van der Waals surface area contributed by atoms with Crippen molar-refractivity contribution in [2.45, 2.75) is 110 Å². The normalized spacial score (nSPS) is 34.5. The number of anilines is 1. The zero-order chi connectivity index (χ0) is 50.1. The molecule has 5 bridgehead atoms. The molecule has 2 aromatic carbocycles. The second kappa shape index (κ2) is 21.1. The van der Waals surface area contributed by atoms with E-state index in [1.807, 2.05) is 7.05 Å². The molecule has 0 aromatic heterocycles. The number of methoxy groups -OCH3 is 1. The predicted octanol–water partition coefficient (Wildman–Crippen LogP) is 2.80. The molecule has 2 fully saturated rings. The molecule has 5 heterocycles. The molecule has 2 saturated heterocycles. The molecule has 7 rings (SSSR count). The van der Waals surface area contributed by atoms with E-state index in [9.17, 15) is 50.1 Å². The minimum atomic E-state index is -2.11. The van der Waals surface area contributed by atoms with Crippen molar-refractivity contribution in [3.63, 3.8) is 0 Å². The molecule has 0 saturated carbocycles. The van der Waals surface area contributed by atoms with Crippen LogP contribution in [-0.4, -0.2) is 171 Å². The first kappa shape index (κ1) is 52.1. The maximum atomic E-state index is 14.6. The highest BCUT2D eigenvalue weighted by atomic mass is 16.7. The Morgan fingerprint density at radius 1 is 0.926 bits per heavy atom. The fraction of sp³-hybridized carbons (Fsp3) is 0.583.